The van der Waals surface area contributed by atoms with E-state index in [1.165, 1.54) is 0 Å². The van der Waals surface area contributed by atoms with Gasteiger partial charge in [-0.2, -0.15) is 0 Å². The fraction of sp³-hybridized carbons (Fsp3) is 0.118. The molecule has 1 aromatic heterocycles. The van der Waals surface area contributed by atoms with Crippen molar-refractivity contribution in [3.8, 4) is 5.75 Å². The van der Waals surface area contributed by atoms with Gasteiger partial charge in [0, 0.05) is 28.1 Å². The lowest BCUT2D eigenvalue weighted by atomic mass is 10.1. The van der Waals surface area contributed by atoms with Gasteiger partial charge in [-0.05, 0) is 29.8 Å². The van der Waals surface area contributed by atoms with Gasteiger partial charge in [0.15, 0.2) is 0 Å². The van der Waals surface area contributed by atoms with Crippen LogP contribution >= 0.6 is 15.9 Å². The predicted molar refractivity (Wildman–Crippen MR) is 90.2 cm³/mol. The average Bonchev–Trinajstić information content (AvgIpc) is 2.96. The molecular formula is C17H15BrN2O2. The number of fused-ring (bicyclic) bond motifs is 1. The fourth-order valence-electron chi connectivity index (χ4n) is 2.41. The van der Waals surface area contributed by atoms with E-state index in [-0.39, 0.29) is 5.91 Å². The first-order valence-corrected chi connectivity index (χ1v) is 7.65. The lowest BCUT2D eigenvalue weighted by Gasteiger charge is -2.09. The van der Waals surface area contributed by atoms with Gasteiger partial charge in [0.1, 0.15) is 5.75 Å². The van der Waals surface area contributed by atoms with Crippen LogP contribution in [0.5, 0.6) is 5.75 Å². The SMILES string of the molecule is COc1ccc(Br)cc1C(=O)NCc1c[nH]c2ccccc12. The standard InChI is InChI=1S/C17H15BrN2O2/c1-22-16-7-6-12(18)8-14(16)17(21)20-10-11-9-19-15-5-3-2-4-13(11)15/h2-9,19H,10H2,1H3,(H,20,21). The van der Waals surface area contributed by atoms with Gasteiger partial charge in [-0.15, -0.1) is 0 Å². The lowest BCUT2D eigenvalue weighted by molar-refractivity contribution is 0.0948. The van der Waals surface area contributed by atoms with Gasteiger partial charge >= 0.3 is 0 Å². The van der Waals surface area contributed by atoms with Crippen molar-refractivity contribution in [2.75, 3.05) is 7.11 Å². The summed E-state index contributed by atoms with van der Waals surface area (Å²) in [5.74, 6) is 0.392. The molecular weight excluding hydrogens is 344 g/mol. The maximum atomic E-state index is 12.4. The number of para-hydroxylation sites is 1. The number of methoxy groups -OCH3 is 1. The van der Waals surface area contributed by atoms with Crippen LogP contribution < -0.4 is 10.1 Å². The molecule has 0 atom stereocenters. The van der Waals surface area contributed by atoms with E-state index in [0.717, 1.165) is 20.9 Å². The summed E-state index contributed by atoms with van der Waals surface area (Å²) in [5, 5.41) is 4.05. The Bertz CT molecular complexity index is 826. The van der Waals surface area contributed by atoms with Crippen LogP contribution in [0.25, 0.3) is 10.9 Å². The molecule has 1 amide bonds. The molecule has 1 heterocycles. The number of rotatable bonds is 4. The maximum absolute atomic E-state index is 12.4. The van der Waals surface area contributed by atoms with Crippen LogP contribution in [0.4, 0.5) is 0 Å². The van der Waals surface area contributed by atoms with Crippen LogP contribution in [-0.4, -0.2) is 18.0 Å². The summed E-state index contributed by atoms with van der Waals surface area (Å²) >= 11 is 3.38. The average molecular weight is 359 g/mol. The Balaban J connectivity index is 1.79. The van der Waals surface area contributed by atoms with E-state index in [2.05, 4.69) is 26.2 Å². The minimum Gasteiger partial charge on any atom is -0.496 e. The number of halogens is 1. The monoisotopic (exact) mass is 358 g/mol. The van der Waals surface area contributed by atoms with Crippen molar-refractivity contribution in [2.45, 2.75) is 6.54 Å². The van der Waals surface area contributed by atoms with E-state index in [1.54, 1.807) is 19.2 Å². The Kier molecular flexibility index (Phi) is 4.15. The van der Waals surface area contributed by atoms with Crippen molar-refractivity contribution in [3.63, 3.8) is 0 Å². The maximum Gasteiger partial charge on any atom is 0.255 e. The third-order valence-corrected chi connectivity index (χ3v) is 4.01. The molecule has 3 aromatic rings. The molecule has 0 saturated heterocycles. The minimum atomic E-state index is -0.163. The summed E-state index contributed by atoms with van der Waals surface area (Å²) in [6, 6.07) is 13.4. The Labute approximate surface area is 136 Å². The highest BCUT2D eigenvalue weighted by Crippen LogP contribution is 2.23. The number of carbonyl (C=O) groups is 1. The van der Waals surface area contributed by atoms with E-state index >= 15 is 0 Å². The number of benzene rings is 2. The molecule has 0 radical (unpaired) electrons. The van der Waals surface area contributed by atoms with Crippen LogP contribution in [0.2, 0.25) is 0 Å². The van der Waals surface area contributed by atoms with Crippen LogP contribution in [-0.2, 0) is 6.54 Å². The van der Waals surface area contributed by atoms with Gasteiger partial charge in [0.2, 0.25) is 0 Å². The number of hydrogen-bond donors (Lipinski definition) is 2. The Morgan fingerprint density at radius 3 is 2.91 bits per heavy atom. The molecule has 5 heteroatoms. The second kappa shape index (κ2) is 6.23. The topological polar surface area (TPSA) is 54.1 Å². The third-order valence-electron chi connectivity index (χ3n) is 3.52. The second-order valence-corrected chi connectivity index (χ2v) is 5.80. The highest BCUT2D eigenvalue weighted by molar-refractivity contribution is 9.10. The van der Waals surface area contributed by atoms with E-state index < -0.39 is 0 Å². The van der Waals surface area contributed by atoms with E-state index in [9.17, 15) is 4.79 Å². The van der Waals surface area contributed by atoms with Crippen LogP contribution in [0.15, 0.2) is 53.1 Å². The number of aromatic amines is 1. The Morgan fingerprint density at radius 2 is 2.09 bits per heavy atom. The van der Waals surface area contributed by atoms with Crippen LogP contribution in [0, 0.1) is 0 Å². The summed E-state index contributed by atoms with van der Waals surface area (Å²) in [6.07, 6.45) is 1.92. The summed E-state index contributed by atoms with van der Waals surface area (Å²) in [5.41, 5.74) is 2.63. The Morgan fingerprint density at radius 1 is 1.27 bits per heavy atom. The summed E-state index contributed by atoms with van der Waals surface area (Å²) < 4.78 is 6.08. The smallest absolute Gasteiger partial charge is 0.255 e. The van der Waals surface area contributed by atoms with Crippen molar-refractivity contribution in [1.82, 2.24) is 10.3 Å². The van der Waals surface area contributed by atoms with E-state index in [1.807, 2.05) is 36.5 Å². The van der Waals surface area contributed by atoms with Crippen molar-refractivity contribution in [2.24, 2.45) is 0 Å². The molecule has 0 aliphatic heterocycles. The van der Waals surface area contributed by atoms with Crippen molar-refractivity contribution >= 4 is 32.7 Å². The molecule has 2 N–H and O–H groups in total. The molecule has 0 saturated carbocycles. The lowest BCUT2D eigenvalue weighted by Crippen LogP contribution is -2.23. The highest BCUT2D eigenvalue weighted by Gasteiger charge is 2.13. The number of H-pyrrole nitrogens is 1. The molecule has 3 rings (SSSR count). The predicted octanol–water partition coefficient (Wildman–Crippen LogP) is 3.87. The number of nitrogens with one attached hydrogen (secondary N) is 2. The summed E-state index contributed by atoms with van der Waals surface area (Å²) in [7, 11) is 1.56. The van der Waals surface area contributed by atoms with Crippen LogP contribution in [0.3, 0.4) is 0 Å². The molecule has 0 aliphatic rings. The normalized spacial score (nSPS) is 10.6. The molecule has 0 unspecified atom stereocenters. The van der Waals surface area contributed by atoms with Gasteiger partial charge in [-0.25, -0.2) is 0 Å². The fourth-order valence-corrected chi connectivity index (χ4v) is 2.77. The number of aromatic nitrogens is 1. The minimum absolute atomic E-state index is 0.163. The van der Waals surface area contributed by atoms with Crippen molar-refractivity contribution in [3.05, 3.63) is 64.3 Å². The largest absolute Gasteiger partial charge is 0.496 e. The third kappa shape index (κ3) is 2.85. The van der Waals surface area contributed by atoms with Gasteiger partial charge in [0.25, 0.3) is 5.91 Å². The zero-order valence-electron chi connectivity index (χ0n) is 12.0. The van der Waals surface area contributed by atoms with Gasteiger partial charge in [-0.1, -0.05) is 34.1 Å². The van der Waals surface area contributed by atoms with Crippen molar-refractivity contribution in [1.29, 1.82) is 0 Å². The zero-order valence-corrected chi connectivity index (χ0v) is 13.6. The van der Waals surface area contributed by atoms with Gasteiger partial charge in [-0.3, -0.25) is 4.79 Å². The molecule has 0 fully saturated rings. The Hall–Kier alpha value is -2.27. The molecule has 2 aromatic carbocycles. The highest BCUT2D eigenvalue weighted by atomic mass is 79.9. The molecule has 0 aliphatic carbocycles. The second-order valence-electron chi connectivity index (χ2n) is 4.89. The molecule has 0 bridgehead atoms. The molecule has 112 valence electrons. The van der Waals surface area contributed by atoms with E-state index in [0.29, 0.717) is 17.9 Å². The molecule has 0 spiro atoms. The quantitative estimate of drug-likeness (QED) is 0.743. The molecule has 4 nitrogen and oxygen atoms in total. The number of hydrogen-bond acceptors (Lipinski definition) is 2. The first kappa shape index (κ1) is 14.7. The summed E-state index contributed by atoms with van der Waals surface area (Å²) in [6.45, 7) is 0.457. The zero-order chi connectivity index (χ0) is 15.5. The van der Waals surface area contributed by atoms with Gasteiger partial charge < -0.3 is 15.0 Å². The first-order chi connectivity index (χ1) is 10.7. The number of carbonyl (C=O) groups excluding carboxylic acids is 1. The number of amides is 1. The van der Waals surface area contributed by atoms with Crippen molar-refractivity contribution < 1.29 is 9.53 Å². The van der Waals surface area contributed by atoms with E-state index in [4.69, 9.17) is 4.74 Å². The molecule has 22 heavy (non-hydrogen) atoms. The van der Waals surface area contributed by atoms with Gasteiger partial charge in [0.05, 0.1) is 12.7 Å². The van der Waals surface area contributed by atoms with Crippen LogP contribution in [0.1, 0.15) is 15.9 Å². The summed E-state index contributed by atoms with van der Waals surface area (Å²) in [4.78, 5) is 15.6. The number of ether oxygens (including phenoxy) is 1. The first-order valence-electron chi connectivity index (χ1n) is 6.86.